The Labute approximate surface area is 182 Å². The zero-order valence-electron chi connectivity index (χ0n) is 17.4. The van der Waals surface area contributed by atoms with E-state index in [2.05, 4.69) is 10.1 Å². The lowest BCUT2D eigenvalue weighted by Gasteiger charge is -2.12. The third kappa shape index (κ3) is 4.38. The van der Waals surface area contributed by atoms with E-state index in [9.17, 15) is 9.90 Å². The topological polar surface area (TPSA) is 121 Å². The Balaban J connectivity index is 2.10. The Morgan fingerprint density at radius 1 is 1.13 bits per heavy atom. The largest absolute Gasteiger partial charge is 0.507 e. The van der Waals surface area contributed by atoms with Crippen molar-refractivity contribution in [2.45, 2.75) is 0 Å². The van der Waals surface area contributed by atoms with Crippen LogP contribution in [-0.2, 0) is 0 Å². The maximum Gasteiger partial charge on any atom is 0.252 e. The zero-order chi connectivity index (χ0) is 22.5. The third-order valence-electron chi connectivity index (χ3n) is 4.44. The summed E-state index contributed by atoms with van der Waals surface area (Å²) in [5, 5.41) is 16.3. The summed E-state index contributed by atoms with van der Waals surface area (Å²) in [4.78, 5) is 16.5. The van der Waals surface area contributed by atoms with Crippen molar-refractivity contribution in [3.63, 3.8) is 0 Å². The van der Waals surface area contributed by atoms with Gasteiger partial charge in [0.05, 0.1) is 38.8 Å². The third-order valence-corrected chi connectivity index (χ3v) is 5.35. The van der Waals surface area contributed by atoms with Crippen molar-refractivity contribution >= 4 is 23.5 Å². The van der Waals surface area contributed by atoms with E-state index in [-0.39, 0.29) is 11.3 Å². The van der Waals surface area contributed by atoms with Gasteiger partial charge in [0.2, 0.25) is 10.6 Å². The maximum absolute atomic E-state index is 11.6. The van der Waals surface area contributed by atoms with E-state index in [0.29, 0.717) is 38.9 Å². The van der Waals surface area contributed by atoms with Crippen molar-refractivity contribution in [1.82, 2.24) is 4.68 Å². The summed E-state index contributed by atoms with van der Waals surface area (Å²) in [6.45, 7) is 0. The number of amides is 1. The molecule has 0 aliphatic rings. The van der Waals surface area contributed by atoms with Crippen LogP contribution in [0.4, 0.5) is 0 Å². The highest BCUT2D eigenvalue weighted by atomic mass is 32.1. The molecule has 0 saturated heterocycles. The smallest absolute Gasteiger partial charge is 0.252 e. The minimum atomic E-state index is -0.720. The van der Waals surface area contributed by atoms with Gasteiger partial charge in [-0.1, -0.05) is 0 Å². The Morgan fingerprint density at radius 2 is 1.81 bits per heavy atom. The molecule has 0 bridgehead atoms. The van der Waals surface area contributed by atoms with E-state index in [1.54, 1.807) is 50.4 Å². The van der Waals surface area contributed by atoms with Gasteiger partial charge in [-0.05, 0) is 30.3 Å². The Morgan fingerprint density at radius 3 is 2.35 bits per heavy atom. The van der Waals surface area contributed by atoms with E-state index in [1.165, 1.54) is 30.6 Å². The Hall–Kier alpha value is -3.79. The van der Waals surface area contributed by atoms with Gasteiger partial charge in [0.1, 0.15) is 5.75 Å². The highest BCUT2D eigenvalue weighted by Gasteiger charge is 2.14. The lowest BCUT2D eigenvalue weighted by atomic mass is 10.1. The molecule has 0 fully saturated rings. The van der Waals surface area contributed by atoms with Crippen molar-refractivity contribution < 1.29 is 24.1 Å². The molecule has 1 heterocycles. The van der Waals surface area contributed by atoms with Gasteiger partial charge >= 0.3 is 0 Å². The molecule has 0 spiro atoms. The van der Waals surface area contributed by atoms with Gasteiger partial charge in [0, 0.05) is 23.6 Å². The summed E-state index contributed by atoms with van der Waals surface area (Å²) in [7, 11) is 6.28. The van der Waals surface area contributed by atoms with E-state index in [1.807, 2.05) is 5.38 Å². The summed E-state index contributed by atoms with van der Waals surface area (Å²) in [6.07, 6.45) is 1.63. The molecular formula is C21H22N4O5S. The number of ether oxygens (including phenoxy) is 3. The van der Waals surface area contributed by atoms with Crippen molar-refractivity contribution in [3.8, 4) is 34.3 Å². The predicted molar refractivity (Wildman–Crippen MR) is 119 cm³/mol. The van der Waals surface area contributed by atoms with Gasteiger partial charge in [-0.15, -0.1) is 11.3 Å². The van der Waals surface area contributed by atoms with Crippen LogP contribution in [0.5, 0.6) is 23.0 Å². The number of benzene rings is 2. The average Bonchev–Trinajstić information content (AvgIpc) is 3.19. The van der Waals surface area contributed by atoms with Gasteiger partial charge in [-0.2, -0.15) is 5.10 Å². The molecule has 2 aromatic carbocycles. The molecule has 162 valence electrons. The number of hydrogen-bond donors (Lipinski definition) is 2. The molecule has 0 aliphatic heterocycles. The van der Waals surface area contributed by atoms with Gasteiger partial charge in [-0.3, -0.25) is 9.79 Å². The van der Waals surface area contributed by atoms with Gasteiger partial charge in [-0.25, -0.2) is 4.68 Å². The van der Waals surface area contributed by atoms with E-state index >= 15 is 0 Å². The fourth-order valence-corrected chi connectivity index (χ4v) is 3.76. The van der Waals surface area contributed by atoms with Crippen molar-refractivity contribution in [2.75, 3.05) is 28.4 Å². The van der Waals surface area contributed by atoms with Crippen LogP contribution in [0, 0.1) is 0 Å². The van der Waals surface area contributed by atoms with Crippen LogP contribution in [-0.4, -0.2) is 50.3 Å². The molecule has 10 heteroatoms. The first-order valence-electron chi connectivity index (χ1n) is 9.04. The summed E-state index contributed by atoms with van der Waals surface area (Å²) in [5.41, 5.74) is 7.43. The number of nitrogens with two attached hydrogens (primary N) is 1. The molecular weight excluding hydrogens is 420 g/mol. The molecule has 0 radical (unpaired) electrons. The predicted octanol–water partition coefficient (Wildman–Crippen LogP) is 2.46. The second-order valence-electron chi connectivity index (χ2n) is 6.24. The van der Waals surface area contributed by atoms with E-state index in [0.717, 1.165) is 0 Å². The number of carbonyl (C=O) groups is 1. The van der Waals surface area contributed by atoms with Crippen LogP contribution in [0.25, 0.3) is 11.3 Å². The van der Waals surface area contributed by atoms with Crippen LogP contribution >= 0.6 is 11.3 Å². The van der Waals surface area contributed by atoms with E-state index in [4.69, 9.17) is 19.9 Å². The zero-order valence-corrected chi connectivity index (χ0v) is 18.3. The summed E-state index contributed by atoms with van der Waals surface area (Å²) >= 11 is 1.38. The minimum Gasteiger partial charge on any atom is -0.507 e. The number of aromatic hydroxyl groups is 1. The standard InChI is InChI=1S/C21H22N4O5S/c1-23-21-25(15(11-31-21)13-5-6-16(26)14(9-13)20(22)27)24-10-12-7-17(28-2)19(30-4)18(8-12)29-3/h5-11,26H,1-4H3,(H2,22,27). The van der Waals surface area contributed by atoms with Crippen LogP contribution in [0.15, 0.2) is 45.8 Å². The fraction of sp³-hybridized carbons (Fsp3) is 0.190. The normalized spacial score (nSPS) is 11.7. The Kier molecular flexibility index (Phi) is 6.61. The quantitative estimate of drug-likeness (QED) is 0.545. The molecule has 0 saturated carbocycles. The number of hydrogen-bond acceptors (Lipinski definition) is 8. The molecule has 3 rings (SSSR count). The molecule has 1 amide bonds. The molecule has 9 nitrogen and oxygen atoms in total. The summed E-state index contributed by atoms with van der Waals surface area (Å²) in [6, 6.07) is 8.15. The molecule has 3 aromatic rings. The van der Waals surface area contributed by atoms with Gasteiger partial charge in [0.15, 0.2) is 11.5 Å². The van der Waals surface area contributed by atoms with Gasteiger partial charge < -0.3 is 25.1 Å². The number of rotatable bonds is 7. The van der Waals surface area contributed by atoms with Crippen LogP contribution in [0.2, 0.25) is 0 Å². The van der Waals surface area contributed by atoms with Crippen LogP contribution < -0.4 is 24.7 Å². The SMILES string of the molecule is CN=c1scc(-c2ccc(O)c(C(N)=O)c2)n1N=Cc1cc(OC)c(OC)c(OC)c1. The molecule has 3 N–H and O–H groups in total. The molecule has 0 aliphatic carbocycles. The maximum atomic E-state index is 11.6. The summed E-state index contributed by atoms with van der Waals surface area (Å²) < 4.78 is 17.7. The number of phenols is 1. The highest BCUT2D eigenvalue weighted by Crippen LogP contribution is 2.37. The number of aromatic nitrogens is 1. The number of primary amides is 1. The molecule has 0 atom stereocenters. The van der Waals surface area contributed by atoms with Crippen molar-refractivity contribution in [3.05, 3.63) is 51.6 Å². The average molecular weight is 442 g/mol. The van der Waals surface area contributed by atoms with Crippen molar-refractivity contribution in [1.29, 1.82) is 0 Å². The van der Waals surface area contributed by atoms with Crippen LogP contribution in [0.3, 0.4) is 0 Å². The highest BCUT2D eigenvalue weighted by molar-refractivity contribution is 7.07. The number of thiazole rings is 1. The van der Waals surface area contributed by atoms with Crippen molar-refractivity contribution in [2.24, 2.45) is 15.8 Å². The first-order chi connectivity index (χ1) is 14.9. The second kappa shape index (κ2) is 9.35. The molecule has 0 unspecified atom stereocenters. The monoisotopic (exact) mass is 442 g/mol. The minimum absolute atomic E-state index is 0.0267. The number of carbonyl (C=O) groups excluding carboxylic acids is 1. The lowest BCUT2D eigenvalue weighted by Crippen LogP contribution is -2.13. The lowest BCUT2D eigenvalue weighted by molar-refractivity contribution is 0.0998. The second-order valence-corrected chi connectivity index (χ2v) is 7.07. The van der Waals surface area contributed by atoms with Crippen LogP contribution in [0.1, 0.15) is 15.9 Å². The van der Waals surface area contributed by atoms with E-state index < -0.39 is 5.91 Å². The Bertz CT molecular complexity index is 1190. The molecule has 31 heavy (non-hydrogen) atoms. The summed E-state index contributed by atoms with van der Waals surface area (Å²) in [5.74, 6) is 0.591. The first-order valence-corrected chi connectivity index (χ1v) is 9.92. The van der Waals surface area contributed by atoms with Gasteiger partial charge in [0.25, 0.3) is 5.91 Å². The molecule has 1 aromatic heterocycles. The number of methoxy groups -OCH3 is 3. The fourth-order valence-electron chi connectivity index (χ4n) is 2.95. The number of nitrogens with zero attached hydrogens (tertiary/aromatic N) is 3. The first kappa shape index (κ1) is 21.9.